The van der Waals surface area contributed by atoms with E-state index in [9.17, 15) is 9.90 Å². The molecule has 0 aliphatic carbocycles. The minimum atomic E-state index is -0.685. The maximum Gasteiger partial charge on any atom is 0.230 e. The van der Waals surface area contributed by atoms with Crippen LogP contribution in [0, 0.1) is 0 Å². The molecule has 0 aliphatic rings. The number of methoxy groups -OCH3 is 1. The van der Waals surface area contributed by atoms with Crippen LogP contribution in [0.5, 0.6) is 0 Å². The zero-order valence-electron chi connectivity index (χ0n) is 11.4. The predicted molar refractivity (Wildman–Crippen MR) is 78.1 cm³/mol. The Morgan fingerprint density at radius 1 is 1.42 bits per heavy atom. The van der Waals surface area contributed by atoms with E-state index >= 15 is 0 Å². The number of hydrogen-bond donors (Lipinski definition) is 2. The number of carbonyl (C=O) groups is 1. The average molecular weight is 330 g/mol. The second-order valence-corrected chi connectivity index (χ2v) is 5.87. The zero-order valence-corrected chi connectivity index (χ0v) is 13.0. The largest absolute Gasteiger partial charge is 0.389 e. The van der Waals surface area contributed by atoms with Gasteiger partial charge in [-0.2, -0.15) is 0 Å². The highest BCUT2D eigenvalue weighted by atomic mass is 79.9. The van der Waals surface area contributed by atoms with Crippen molar-refractivity contribution >= 4 is 21.8 Å². The van der Waals surface area contributed by atoms with Gasteiger partial charge in [-0.1, -0.05) is 28.1 Å². The Kier molecular flexibility index (Phi) is 5.97. The molecule has 0 saturated carbocycles. The van der Waals surface area contributed by atoms with Crippen LogP contribution in [0.25, 0.3) is 0 Å². The SMILES string of the molecule is COCC(O)CNC(=O)C(C)(C)c1ccc(Br)cc1. The molecule has 5 heteroatoms. The van der Waals surface area contributed by atoms with Crippen LogP contribution in [0.1, 0.15) is 19.4 Å². The van der Waals surface area contributed by atoms with Gasteiger partial charge in [0.05, 0.1) is 18.1 Å². The molecule has 0 bridgehead atoms. The van der Waals surface area contributed by atoms with Gasteiger partial charge in [-0.3, -0.25) is 4.79 Å². The van der Waals surface area contributed by atoms with Gasteiger partial charge in [0, 0.05) is 18.1 Å². The first kappa shape index (κ1) is 16.1. The van der Waals surface area contributed by atoms with Crippen molar-refractivity contribution in [3.8, 4) is 0 Å². The summed E-state index contributed by atoms with van der Waals surface area (Å²) in [5, 5.41) is 12.3. The summed E-state index contributed by atoms with van der Waals surface area (Å²) in [6.07, 6.45) is -0.685. The van der Waals surface area contributed by atoms with Gasteiger partial charge in [-0.25, -0.2) is 0 Å². The molecule has 1 atom stereocenters. The van der Waals surface area contributed by atoms with Gasteiger partial charge in [0.25, 0.3) is 0 Å². The van der Waals surface area contributed by atoms with Crippen molar-refractivity contribution < 1.29 is 14.6 Å². The molecule has 0 spiro atoms. The van der Waals surface area contributed by atoms with E-state index in [1.54, 1.807) is 0 Å². The lowest BCUT2D eigenvalue weighted by Crippen LogP contribution is -2.43. The van der Waals surface area contributed by atoms with Crippen LogP contribution in [-0.4, -0.2) is 37.4 Å². The van der Waals surface area contributed by atoms with Gasteiger partial charge < -0.3 is 15.2 Å². The molecular formula is C14H20BrNO3. The highest BCUT2D eigenvalue weighted by Gasteiger charge is 2.29. The van der Waals surface area contributed by atoms with E-state index in [0.717, 1.165) is 10.0 Å². The van der Waals surface area contributed by atoms with Gasteiger partial charge in [0.15, 0.2) is 0 Å². The number of ether oxygens (including phenoxy) is 1. The molecule has 0 heterocycles. The number of hydrogen-bond acceptors (Lipinski definition) is 3. The molecule has 0 saturated heterocycles. The summed E-state index contributed by atoms with van der Waals surface area (Å²) in [6.45, 7) is 4.11. The monoisotopic (exact) mass is 329 g/mol. The summed E-state index contributed by atoms with van der Waals surface area (Å²) < 4.78 is 5.79. The van der Waals surface area contributed by atoms with Crippen molar-refractivity contribution in [3.05, 3.63) is 34.3 Å². The van der Waals surface area contributed by atoms with E-state index in [2.05, 4.69) is 21.2 Å². The highest BCUT2D eigenvalue weighted by Crippen LogP contribution is 2.24. The van der Waals surface area contributed by atoms with Crippen LogP contribution in [-0.2, 0) is 14.9 Å². The van der Waals surface area contributed by atoms with E-state index in [4.69, 9.17) is 4.74 Å². The summed E-state index contributed by atoms with van der Waals surface area (Å²) in [5.41, 5.74) is 0.280. The fourth-order valence-corrected chi connectivity index (χ4v) is 1.94. The first-order chi connectivity index (χ1) is 8.87. The molecule has 1 aromatic carbocycles. The van der Waals surface area contributed by atoms with Crippen molar-refractivity contribution in [1.29, 1.82) is 0 Å². The summed E-state index contributed by atoms with van der Waals surface area (Å²) in [6, 6.07) is 7.64. The smallest absolute Gasteiger partial charge is 0.230 e. The Bertz CT molecular complexity index is 417. The minimum absolute atomic E-state index is 0.120. The second kappa shape index (κ2) is 7.03. The molecule has 19 heavy (non-hydrogen) atoms. The number of rotatable bonds is 6. The molecule has 0 radical (unpaired) electrons. The lowest BCUT2D eigenvalue weighted by molar-refractivity contribution is -0.126. The number of halogens is 1. The first-order valence-electron chi connectivity index (χ1n) is 6.09. The van der Waals surface area contributed by atoms with Gasteiger partial charge in [-0.05, 0) is 31.5 Å². The zero-order chi connectivity index (χ0) is 14.5. The highest BCUT2D eigenvalue weighted by molar-refractivity contribution is 9.10. The molecule has 1 aromatic rings. The normalized spacial score (nSPS) is 13.1. The summed E-state index contributed by atoms with van der Waals surface area (Å²) in [4.78, 5) is 12.2. The van der Waals surface area contributed by atoms with Crippen LogP contribution in [0.4, 0.5) is 0 Å². The van der Waals surface area contributed by atoms with Crippen LogP contribution < -0.4 is 5.32 Å². The molecule has 0 fully saturated rings. The second-order valence-electron chi connectivity index (χ2n) is 4.95. The number of amides is 1. The number of aliphatic hydroxyl groups excluding tert-OH is 1. The van der Waals surface area contributed by atoms with Crippen molar-refractivity contribution in [1.82, 2.24) is 5.32 Å². The number of carbonyl (C=O) groups excluding carboxylic acids is 1. The molecule has 0 aromatic heterocycles. The first-order valence-corrected chi connectivity index (χ1v) is 6.88. The van der Waals surface area contributed by atoms with Crippen molar-refractivity contribution in [3.63, 3.8) is 0 Å². The standard InChI is InChI=1S/C14H20BrNO3/c1-14(2,10-4-6-11(15)7-5-10)13(18)16-8-12(17)9-19-3/h4-7,12,17H,8-9H2,1-3H3,(H,16,18). The Morgan fingerprint density at radius 3 is 2.53 bits per heavy atom. The fraction of sp³-hybridized carbons (Fsp3) is 0.500. The maximum absolute atomic E-state index is 12.2. The number of aliphatic hydroxyl groups is 1. The third kappa shape index (κ3) is 4.60. The Labute approximate surface area is 122 Å². The number of benzene rings is 1. The lowest BCUT2D eigenvalue weighted by Gasteiger charge is -2.25. The predicted octanol–water partition coefficient (Wildman–Crippen LogP) is 1.85. The molecule has 2 N–H and O–H groups in total. The molecule has 106 valence electrons. The van der Waals surface area contributed by atoms with Crippen LogP contribution >= 0.6 is 15.9 Å². The van der Waals surface area contributed by atoms with Gasteiger partial charge >= 0.3 is 0 Å². The quantitative estimate of drug-likeness (QED) is 0.837. The van der Waals surface area contributed by atoms with Crippen LogP contribution in [0.2, 0.25) is 0 Å². The Hall–Kier alpha value is -0.910. The minimum Gasteiger partial charge on any atom is -0.389 e. The van der Waals surface area contributed by atoms with Gasteiger partial charge in [-0.15, -0.1) is 0 Å². The average Bonchev–Trinajstić information content (AvgIpc) is 2.36. The third-order valence-electron chi connectivity index (χ3n) is 2.99. The van der Waals surface area contributed by atoms with E-state index < -0.39 is 11.5 Å². The fourth-order valence-electron chi connectivity index (χ4n) is 1.68. The Morgan fingerprint density at radius 2 is 2.00 bits per heavy atom. The molecule has 4 nitrogen and oxygen atoms in total. The molecular weight excluding hydrogens is 310 g/mol. The van der Waals surface area contributed by atoms with E-state index in [1.807, 2.05) is 38.1 Å². The molecule has 1 unspecified atom stereocenters. The molecule has 0 aliphatic heterocycles. The van der Waals surface area contributed by atoms with Gasteiger partial charge in [0.1, 0.15) is 0 Å². The van der Waals surface area contributed by atoms with Crippen molar-refractivity contribution in [2.24, 2.45) is 0 Å². The topological polar surface area (TPSA) is 58.6 Å². The van der Waals surface area contributed by atoms with Gasteiger partial charge in [0.2, 0.25) is 5.91 Å². The molecule has 1 amide bonds. The lowest BCUT2D eigenvalue weighted by atomic mass is 9.84. The summed E-state index contributed by atoms with van der Waals surface area (Å²) >= 11 is 3.37. The van der Waals surface area contributed by atoms with Crippen molar-refractivity contribution in [2.45, 2.75) is 25.4 Å². The van der Waals surface area contributed by atoms with Crippen molar-refractivity contribution in [2.75, 3.05) is 20.3 Å². The van der Waals surface area contributed by atoms with E-state index in [0.29, 0.717) is 0 Å². The van der Waals surface area contributed by atoms with E-state index in [-0.39, 0.29) is 19.1 Å². The maximum atomic E-state index is 12.2. The van der Waals surface area contributed by atoms with E-state index in [1.165, 1.54) is 7.11 Å². The third-order valence-corrected chi connectivity index (χ3v) is 3.52. The summed E-state index contributed by atoms with van der Waals surface area (Å²) in [5.74, 6) is -0.120. The van der Waals surface area contributed by atoms with Crippen LogP contribution in [0.3, 0.4) is 0 Å². The summed E-state index contributed by atoms with van der Waals surface area (Å²) in [7, 11) is 1.51. The Balaban J connectivity index is 2.66. The number of nitrogens with one attached hydrogen (secondary N) is 1. The van der Waals surface area contributed by atoms with Crippen LogP contribution in [0.15, 0.2) is 28.7 Å². The molecule has 1 rings (SSSR count).